The molecule has 5 heteroatoms. The molecule has 0 atom stereocenters. The highest BCUT2D eigenvalue weighted by molar-refractivity contribution is 6.02. The summed E-state index contributed by atoms with van der Waals surface area (Å²) in [6.07, 6.45) is 2.92. The van der Waals surface area contributed by atoms with E-state index in [0.717, 1.165) is 11.1 Å². The van der Waals surface area contributed by atoms with E-state index in [1.807, 2.05) is 73.7 Å². The zero-order valence-corrected chi connectivity index (χ0v) is 15.3. The number of aryl methyl sites for hydroxylation is 1. The van der Waals surface area contributed by atoms with Gasteiger partial charge in [0.15, 0.2) is 11.3 Å². The lowest BCUT2D eigenvalue weighted by molar-refractivity contribution is -0.111. The maximum atomic E-state index is 12.3. The number of anilines is 1. The number of hydrogen-bond acceptors (Lipinski definition) is 4. The molecule has 1 N–H and O–H groups in total. The maximum absolute atomic E-state index is 12.3. The molecule has 4 rings (SSSR count). The fraction of sp³-hybridized carbons (Fsp3) is 0.0435. The van der Waals surface area contributed by atoms with Gasteiger partial charge in [-0.05, 0) is 48.9 Å². The van der Waals surface area contributed by atoms with Gasteiger partial charge < -0.3 is 14.5 Å². The van der Waals surface area contributed by atoms with E-state index in [2.05, 4.69) is 10.3 Å². The van der Waals surface area contributed by atoms with Gasteiger partial charge in [0.05, 0.1) is 5.69 Å². The highest BCUT2D eigenvalue weighted by Crippen LogP contribution is 2.29. The monoisotopic (exact) mass is 370 g/mol. The molecule has 0 saturated carbocycles. The quantitative estimate of drug-likeness (QED) is 0.466. The van der Waals surface area contributed by atoms with Crippen molar-refractivity contribution in [1.29, 1.82) is 0 Å². The Hall–Kier alpha value is -3.86. The minimum Gasteiger partial charge on any atom is -0.455 e. The summed E-state index contributed by atoms with van der Waals surface area (Å²) in [5.74, 6) is 1.35. The summed E-state index contributed by atoms with van der Waals surface area (Å²) in [4.78, 5) is 16.7. The second kappa shape index (κ2) is 7.80. The number of rotatable bonds is 5. The lowest BCUT2D eigenvalue weighted by atomic mass is 10.2. The maximum Gasteiger partial charge on any atom is 0.248 e. The number of hydrogen-bond donors (Lipinski definition) is 1. The number of amides is 1. The van der Waals surface area contributed by atoms with Crippen LogP contribution in [0.15, 0.2) is 83.3 Å². The number of carbonyl (C=O) groups is 1. The zero-order valence-electron chi connectivity index (χ0n) is 15.3. The lowest BCUT2D eigenvalue weighted by Gasteiger charge is -2.11. The van der Waals surface area contributed by atoms with Gasteiger partial charge in [0.1, 0.15) is 11.3 Å². The number of benzene rings is 3. The first-order valence-electron chi connectivity index (χ1n) is 8.85. The van der Waals surface area contributed by atoms with E-state index in [4.69, 9.17) is 9.15 Å². The summed E-state index contributed by atoms with van der Waals surface area (Å²) >= 11 is 0. The van der Waals surface area contributed by atoms with Gasteiger partial charge in [-0.25, -0.2) is 4.98 Å². The van der Waals surface area contributed by atoms with Gasteiger partial charge >= 0.3 is 0 Å². The molecule has 4 aromatic rings. The smallest absolute Gasteiger partial charge is 0.248 e. The molecule has 0 unspecified atom stereocenters. The van der Waals surface area contributed by atoms with Crippen LogP contribution in [-0.4, -0.2) is 10.9 Å². The summed E-state index contributed by atoms with van der Waals surface area (Å²) in [6, 6.07) is 22.5. The van der Waals surface area contributed by atoms with Crippen molar-refractivity contribution < 1.29 is 13.9 Å². The third kappa shape index (κ3) is 4.10. The first-order chi connectivity index (χ1) is 13.7. The summed E-state index contributed by atoms with van der Waals surface area (Å²) in [5, 5.41) is 2.83. The third-order valence-electron chi connectivity index (χ3n) is 4.05. The molecule has 0 aliphatic carbocycles. The van der Waals surface area contributed by atoms with Crippen molar-refractivity contribution in [2.45, 2.75) is 6.92 Å². The molecule has 0 aliphatic heterocycles. The highest BCUT2D eigenvalue weighted by Gasteiger charge is 2.08. The molecule has 1 amide bonds. The Morgan fingerprint density at radius 2 is 1.86 bits per heavy atom. The van der Waals surface area contributed by atoms with Crippen LogP contribution in [-0.2, 0) is 4.79 Å². The highest BCUT2D eigenvalue weighted by atomic mass is 16.5. The Morgan fingerprint density at radius 3 is 2.71 bits per heavy atom. The molecule has 0 fully saturated rings. The Balaban J connectivity index is 1.48. The van der Waals surface area contributed by atoms with E-state index in [1.54, 1.807) is 12.1 Å². The fourth-order valence-corrected chi connectivity index (χ4v) is 2.75. The SMILES string of the molecule is Cc1cccc(Oc2ccccc2NC(=O)/C=C/c2nc3ccccc3o2)c1. The van der Waals surface area contributed by atoms with Crippen LogP contribution in [0.4, 0.5) is 5.69 Å². The Bertz CT molecular complexity index is 1130. The van der Waals surface area contributed by atoms with Crippen molar-refractivity contribution in [2.24, 2.45) is 0 Å². The van der Waals surface area contributed by atoms with Crippen LogP contribution in [0.25, 0.3) is 17.2 Å². The summed E-state index contributed by atoms with van der Waals surface area (Å²) < 4.78 is 11.5. The van der Waals surface area contributed by atoms with E-state index >= 15 is 0 Å². The van der Waals surface area contributed by atoms with E-state index < -0.39 is 0 Å². The predicted octanol–water partition coefficient (Wildman–Crippen LogP) is 5.58. The van der Waals surface area contributed by atoms with Crippen molar-refractivity contribution in [3.8, 4) is 11.5 Å². The standard InChI is InChI=1S/C23H18N2O3/c1-16-7-6-8-17(15-16)27-20-11-4-2-9-18(20)24-22(26)13-14-23-25-19-10-3-5-12-21(19)28-23/h2-15H,1H3,(H,24,26)/b14-13+. The predicted molar refractivity (Wildman–Crippen MR) is 109 cm³/mol. The first-order valence-corrected chi connectivity index (χ1v) is 8.85. The molecule has 0 saturated heterocycles. The minimum atomic E-state index is -0.303. The van der Waals surface area contributed by atoms with Crippen LogP contribution in [0, 0.1) is 6.92 Å². The van der Waals surface area contributed by atoms with E-state index in [1.165, 1.54) is 6.08 Å². The molecular weight excluding hydrogens is 352 g/mol. The van der Waals surface area contributed by atoms with Crippen molar-refractivity contribution in [3.05, 3.63) is 90.3 Å². The van der Waals surface area contributed by atoms with E-state index in [9.17, 15) is 4.79 Å². The largest absolute Gasteiger partial charge is 0.455 e. The van der Waals surface area contributed by atoms with Crippen LogP contribution >= 0.6 is 0 Å². The summed E-state index contributed by atoms with van der Waals surface area (Å²) in [6.45, 7) is 2.00. The van der Waals surface area contributed by atoms with Gasteiger partial charge in [-0.3, -0.25) is 4.79 Å². The molecular formula is C23H18N2O3. The molecule has 138 valence electrons. The topological polar surface area (TPSA) is 64.4 Å². The molecule has 0 radical (unpaired) electrons. The van der Waals surface area contributed by atoms with Crippen molar-refractivity contribution in [1.82, 2.24) is 4.98 Å². The number of nitrogens with one attached hydrogen (secondary N) is 1. The fourth-order valence-electron chi connectivity index (χ4n) is 2.75. The first kappa shape index (κ1) is 17.5. The Morgan fingerprint density at radius 1 is 1.04 bits per heavy atom. The van der Waals surface area contributed by atoms with Gasteiger partial charge in [-0.2, -0.15) is 0 Å². The number of ether oxygens (including phenoxy) is 1. The van der Waals surface area contributed by atoms with Crippen molar-refractivity contribution >= 4 is 28.8 Å². The number of para-hydroxylation sites is 4. The molecule has 28 heavy (non-hydrogen) atoms. The van der Waals surface area contributed by atoms with Crippen LogP contribution in [0.5, 0.6) is 11.5 Å². The normalized spacial score (nSPS) is 11.0. The van der Waals surface area contributed by atoms with E-state index in [0.29, 0.717) is 28.7 Å². The van der Waals surface area contributed by atoms with Gasteiger partial charge in [-0.1, -0.05) is 36.4 Å². The average molecular weight is 370 g/mol. The Kier molecular flexibility index (Phi) is 4.89. The van der Waals surface area contributed by atoms with Crippen molar-refractivity contribution in [3.63, 3.8) is 0 Å². The second-order valence-electron chi connectivity index (χ2n) is 6.26. The third-order valence-corrected chi connectivity index (χ3v) is 4.05. The lowest BCUT2D eigenvalue weighted by Crippen LogP contribution is -2.08. The summed E-state index contributed by atoms with van der Waals surface area (Å²) in [5.41, 5.74) is 3.11. The molecule has 3 aromatic carbocycles. The van der Waals surface area contributed by atoms with Crippen molar-refractivity contribution in [2.75, 3.05) is 5.32 Å². The molecule has 1 heterocycles. The number of carbonyl (C=O) groups excluding carboxylic acids is 1. The number of nitrogens with zero attached hydrogens (tertiary/aromatic N) is 1. The molecule has 1 aromatic heterocycles. The number of fused-ring (bicyclic) bond motifs is 1. The Labute approximate surface area is 162 Å². The second-order valence-corrected chi connectivity index (χ2v) is 6.26. The van der Waals surface area contributed by atoms with Gasteiger partial charge in [0, 0.05) is 12.2 Å². The molecule has 0 bridgehead atoms. The van der Waals surface area contributed by atoms with Crippen LogP contribution in [0.2, 0.25) is 0 Å². The van der Waals surface area contributed by atoms with E-state index in [-0.39, 0.29) is 5.91 Å². The number of oxazole rings is 1. The minimum absolute atomic E-state index is 0.303. The zero-order chi connectivity index (χ0) is 19.3. The van der Waals surface area contributed by atoms with Gasteiger partial charge in [-0.15, -0.1) is 0 Å². The summed E-state index contributed by atoms with van der Waals surface area (Å²) in [7, 11) is 0. The molecule has 0 spiro atoms. The van der Waals surface area contributed by atoms with Crippen LogP contribution in [0.3, 0.4) is 0 Å². The number of aromatic nitrogens is 1. The average Bonchev–Trinajstić information content (AvgIpc) is 3.11. The molecule has 5 nitrogen and oxygen atoms in total. The van der Waals surface area contributed by atoms with Gasteiger partial charge in [0.2, 0.25) is 11.8 Å². The van der Waals surface area contributed by atoms with Gasteiger partial charge in [0.25, 0.3) is 0 Å². The van der Waals surface area contributed by atoms with Crippen LogP contribution < -0.4 is 10.1 Å². The molecule has 0 aliphatic rings. The van der Waals surface area contributed by atoms with Crippen LogP contribution in [0.1, 0.15) is 11.5 Å².